The molecule has 148 valence electrons. The van der Waals surface area contributed by atoms with Gasteiger partial charge in [-0.05, 0) is 54.1 Å². The number of ether oxygens (including phenoxy) is 1. The van der Waals surface area contributed by atoms with Gasteiger partial charge in [0.2, 0.25) is 5.91 Å². The minimum absolute atomic E-state index is 0.0207. The highest BCUT2D eigenvalue weighted by Crippen LogP contribution is 2.24. The predicted octanol–water partition coefficient (Wildman–Crippen LogP) is 4.87. The van der Waals surface area contributed by atoms with Crippen LogP contribution in [0.2, 0.25) is 5.02 Å². The maximum Gasteiger partial charge on any atom is 0.312 e. The van der Waals surface area contributed by atoms with Crippen molar-refractivity contribution in [2.75, 3.05) is 5.32 Å². The number of nitrogens with two attached hydrogens (primary N) is 1. The van der Waals surface area contributed by atoms with Gasteiger partial charge in [0.15, 0.2) is 0 Å². The fraction of sp³-hybridized carbons (Fsp3) is 0.0909. The van der Waals surface area contributed by atoms with Crippen molar-refractivity contribution in [1.82, 2.24) is 5.32 Å². The quantitative estimate of drug-likeness (QED) is 0.519. The highest BCUT2D eigenvalue weighted by atomic mass is 35.5. The van der Waals surface area contributed by atoms with Crippen molar-refractivity contribution in [3.05, 3.63) is 89.4 Å². The molecule has 7 heteroatoms. The highest BCUT2D eigenvalue weighted by molar-refractivity contribution is 6.30. The zero-order valence-electron chi connectivity index (χ0n) is 15.5. The summed E-state index contributed by atoms with van der Waals surface area (Å²) >= 11 is 5.90. The predicted molar refractivity (Wildman–Crippen MR) is 113 cm³/mol. The van der Waals surface area contributed by atoms with Gasteiger partial charge in [0.1, 0.15) is 11.5 Å². The fourth-order valence-electron chi connectivity index (χ4n) is 2.75. The second-order valence-electron chi connectivity index (χ2n) is 6.30. The maximum absolute atomic E-state index is 12.5. The summed E-state index contributed by atoms with van der Waals surface area (Å²) in [6, 6.07) is 22.0. The molecule has 0 heterocycles. The summed E-state index contributed by atoms with van der Waals surface area (Å²) < 4.78 is 5.73. The third-order valence-electron chi connectivity index (χ3n) is 4.10. The van der Waals surface area contributed by atoms with Crippen LogP contribution in [0.1, 0.15) is 18.0 Å². The van der Waals surface area contributed by atoms with E-state index in [0.717, 1.165) is 11.3 Å². The Labute approximate surface area is 173 Å². The van der Waals surface area contributed by atoms with Crippen molar-refractivity contribution in [3.63, 3.8) is 0 Å². The largest absolute Gasteiger partial charge is 0.457 e. The van der Waals surface area contributed by atoms with Crippen molar-refractivity contribution >= 4 is 29.2 Å². The van der Waals surface area contributed by atoms with E-state index in [1.165, 1.54) is 0 Å². The highest BCUT2D eigenvalue weighted by Gasteiger charge is 2.17. The number of hydrogen-bond donors (Lipinski definition) is 3. The molecule has 0 radical (unpaired) electrons. The van der Waals surface area contributed by atoms with Crippen molar-refractivity contribution in [1.29, 1.82) is 0 Å². The van der Waals surface area contributed by atoms with Crippen LogP contribution in [0.25, 0.3) is 0 Å². The first-order chi connectivity index (χ1) is 14.0. The lowest BCUT2D eigenvalue weighted by atomic mass is 10.0. The lowest BCUT2D eigenvalue weighted by Crippen LogP contribution is -2.35. The molecule has 0 saturated carbocycles. The Balaban J connectivity index is 1.62. The molecular weight excluding hydrogens is 390 g/mol. The zero-order chi connectivity index (χ0) is 20.6. The Morgan fingerprint density at radius 2 is 1.52 bits per heavy atom. The number of rotatable bonds is 7. The van der Waals surface area contributed by atoms with Crippen LogP contribution >= 0.6 is 11.6 Å². The van der Waals surface area contributed by atoms with E-state index in [2.05, 4.69) is 10.6 Å². The average molecular weight is 410 g/mol. The van der Waals surface area contributed by atoms with E-state index in [-0.39, 0.29) is 12.3 Å². The molecule has 0 aliphatic carbocycles. The minimum Gasteiger partial charge on any atom is -0.457 e. The lowest BCUT2D eigenvalue weighted by Gasteiger charge is -2.18. The molecule has 0 fully saturated rings. The topological polar surface area (TPSA) is 93.5 Å². The van der Waals surface area contributed by atoms with Crippen LogP contribution in [0.3, 0.4) is 0 Å². The normalized spacial score (nSPS) is 11.3. The Morgan fingerprint density at radius 1 is 0.897 bits per heavy atom. The van der Waals surface area contributed by atoms with Gasteiger partial charge >= 0.3 is 6.03 Å². The van der Waals surface area contributed by atoms with E-state index in [1.54, 1.807) is 48.5 Å². The van der Waals surface area contributed by atoms with Crippen molar-refractivity contribution in [3.8, 4) is 11.5 Å². The molecule has 3 aromatic rings. The van der Waals surface area contributed by atoms with Crippen LogP contribution in [-0.2, 0) is 4.79 Å². The summed E-state index contributed by atoms with van der Waals surface area (Å²) in [7, 11) is 0. The first-order valence-corrected chi connectivity index (χ1v) is 9.31. The number of benzene rings is 3. The van der Waals surface area contributed by atoms with Gasteiger partial charge in [0, 0.05) is 10.7 Å². The Morgan fingerprint density at radius 3 is 2.14 bits per heavy atom. The average Bonchev–Trinajstić information content (AvgIpc) is 2.70. The molecule has 29 heavy (non-hydrogen) atoms. The van der Waals surface area contributed by atoms with Gasteiger partial charge in [-0.15, -0.1) is 0 Å². The number of urea groups is 1. The third kappa shape index (κ3) is 6.26. The molecule has 3 amide bonds. The number of hydrogen-bond acceptors (Lipinski definition) is 3. The molecule has 4 N–H and O–H groups in total. The molecule has 0 spiro atoms. The number of halogens is 1. The molecule has 0 aliphatic heterocycles. The van der Waals surface area contributed by atoms with Crippen LogP contribution in [-0.4, -0.2) is 11.9 Å². The number of carbonyl (C=O) groups is 2. The molecule has 1 atom stereocenters. The summed E-state index contributed by atoms with van der Waals surface area (Å²) in [6.45, 7) is 0. The van der Waals surface area contributed by atoms with Gasteiger partial charge in [-0.1, -0.05) is 41.9 Å². The maximum atomic E-state index is 12.5. The molecule has 0 aromatic heterocycles. The van der Waals surface area contributed by atoms with Gasteiger partial charge in [0.25, 0.3) is 0 Å². The van der Waals surface area contributed by atoms with Crippen molar-refractivity contribution < 1.29 is 14.3 Å². The number of primary amides is 1. The van der Waals surface area contributed by atoms with Gasteiger partial charge < -0.3 is 21.1 Å². The summed E-state index contributed by atoms with van der Waals surface area (Å²) in [6.07, 6.45) is 0.0207. The van der Waals surface area contributed by atoms with Gasteiger partial charge in [0.05, 0.1) is 12.5 Å². The molecule has 3 aromatic carbocycles. The minimum atomic E-state index is -0.708. The van der Waals surface area contributed by atoms with Crippen molar-refractivity contribution in [2.24, 2.45) is 5.73 Å². The number of para-hydroxylation sites is 1. The van der Waals surface area contributed by atoms with E-state index in [4.69, 9.17) is 22.1 Å². The Kier molecular flexibility index (Phi) is 6.71. The van der Waals surface area contributed by atoms with Crippen LogP contribution < -0.4 is 21.1 Å². The SMILES string of the molecule is NC(=O)NC(CC(=O)Nc1ccc(Oc2ccccc2)cc1)c1ccc(Cl)cc1. The first kappa shape index (κ1) is 20.2. The third-order valence-corrected chi connectivity index (χ3v) is 4.35. The van der Waals surface area contributed by atoms with E-state index in [1.807, 2.05) is 30.3 Å². The first-order valence-electron chi connectivity index (χ1n) is 8.94. The summed E-state index contributed by atoms with van der Waals surface area (Å²) in [5, 5.41) is 5.95. The molecule has 0 bridgehead atoms. The number of anilines is 1. The van der Waals surface area contributed by atoms with Crippen LogP contribution in [0.4, 0.5) is 10.5 Å². The fourth-order valence-corrected chi connectivity index (χ4v) is 2.87. The molecule has 0 saturated heterocycles. The summed E-state index contributed by atoms with van der Waals surface area (Å²) in [5.41, 5.74) is 6.59. The van der Waals surface area contributed by atoms with E-state index >= 15 is 0 Å². The monoisotopic (exact) mass is 409 g/mol. The van der Waals surface area contributed by atoms with Gasteiger partial charge in [-0.3, -0.25) is 4.79 Å². The Bertz CT molecular complexity index is 961. The molecule has 0 aliphatic rings. The second kappa shape index (κ2) is 9.61. The van der Waals surface area contributed by atoms with E-state index < -0.39 is 12.1 Å². The van der Waals surface area contributed by atoms with E-state index in [9.17, 15) is 9.59 Å². The van der Waals surface area contributed by atoms with E-state index in [0.29, 0.717) is 16.5 Å². The second-order valence-corrected chi connectivity index (χ2v) is 6.74. The van der Waals surface area contributed by atoms with Crippen molar-refractivity contribution in [2.45, 2.75) is 12.5 Å². The smallest absolute Gasteiger partial charge is 0.312 e. The number of amides is 3. The van der Waals surface area contributed by atoms with Gasteiger partial charge in [-0.2, -0.15) is 0 Å². The standard InChI is InChI=1S/C22H20ClN3O3/c23-16-8-6-15(7-9-16)20(26-22(24)28)14-21(27)25-17-10-12-19(13-11-17)29-18-4-2-1-3-5-18/h1-13,20H,14H2,(H,25,27)(H3,24,26,28). The van der Waals surface area contributed by atoms with Gasteiger partial charge in [-0.25, -0.2) is 4.79 Å². The molecule has 6 nitrogen and oxygen atoms in total. The lowest BCUT2D eigenvalue weighted by molar-refractivity contribution is -0.116. The molecular formula is C22H20ClN3O3. The van der Waals surface area contributed by atoms with Crippen LogP contribution in [0.15, 0.2) is 78.9 Å². The van der Waals surface area contributed by atoms with Crippen LogP contribution in [0.5, 0.6) is 11.5 Å². The van der Waals surface area contributed by atoms with Crippen LogP contribution in [0, 0.1) is 0 Å². The summed E-state index contributed by atoms with van der Waals surface area (Å²) in [5.74, 6) is 1.12. The zero-order valence-corrected chi connectivity index (χ0v) is 16.2. The summed E-state index contributed by atoms with van der Waals surface area (Å²) in [4.78, 5) is 23.8. The number of carbonyl (C=O) groups excluding carboxylic acids is 2. The Hall–Kier alpha value is -3.51. The molecule has 3 rings (SSSR count). The number of nitrogens with one attached hydrogen (secondary N) is 2. The molecule has 1 unspecified atom stereocenters.